The molecule has 0 spiro atoms. The van der Waals surface area contributed by atoms with Gasteiger partial charge in [-0.05, 0) is 39.3 Å². The Morgan fingerprint density at radius 1 is 1.50 bits per heavy atom. The number of hydrogen-bond acceptors (Lipinski definition) is 3. The predicted octanol–water partition coefficient (Wildman–Crippen LogP) is 2.26. The first-order valence-electron chi connectivity index (χ1n) is 5.98. The average molecular weight is 251 g/mol. The second-order valence-corrected chi connectivity index (χ2v) is 5.12. The lowest BCUT2D eigenvalue weighted by Crippen LogP contribution is -2.47. The van der Waals surface area contributed by atoms with E-state index in [2.05, 4.69) is 0 Å². The summed E-state index contributed by atoms with van der Waals surface area (Å²) in [6.45, 7) is 7.31. The minimum Gasteiger partial charge on any atom is -0.490 e. The van der Waals surface area contributed by atoms with Crippen molar-refractivity contribution in [1.29, 1.82) is 0 Å². The number of hydrogen-bond donors (Lipinski definition) is 2. The molecule has 0 saturated heterocycles. The molecule has 0 aromatic heterocycles. The average Bonchev–Trinajstić information content (AvgIpc) is 2.21. The molecule has 0 saturated carbocycles. The molecule has 1 aromatic carbocycles. The molecule has 100 valence electrons. The standard InChI is InChI=1S/C14H21NO3/c1-9-5-6-12(10(2)7-9)18-11(3)8-14(4,15)13(16)17/h5-7,11H,8,15H2,1-4H3,(H,16,17). The maximum absolute atomic E-state index is 10.9. The van der Waals surface area contributed by atoms with E-state index >= 15 is 0 Å². The van der Waals surface area contributed by atoms with Crippen LogP contribution in [0.15, 0.2) is 18.2 Å². The second-order valence-electron chi connectivity index (χ2n) is 5.12. The zero-order valence-electron chi connectivity index (χ0n) is 11.4. The van der Waals surface area contributed by atoms with Gasteiger partial charge in [0, 0.05) is 6.42 Å². The van der Waals surface area contributed by atoms with E-state index in [0.29, 0.717) is 0 Å². The Kier molecular flexibility index (Phi) is 4.35. The number of rotatable bonds is 5. The molecule has 2 unspecified atom stereocenters. The molecule has 3 N–H and O–H groups in total. The molecule has 4 nitrogen and oxygen atoms in total. The van der Waals surface area contributed by atoms with Gasteiger partial charge in [0.2, 0.25) is 0 Å². The Morgan fingerprint density at radius 2 is 2.11 bits per heavy atom. The van der Waals surface area contributed by atoms with E-state index < -0.39 is 11.5 Å². The van der Waals surface area contributed by atoms with Gasteiger partial charge < -0.3 is 15.6 Å². The summed E-state index contributed by atoms with van der Waals surface area (Å²) in [5.41, 5.74) is 6.64. The van der Waals surface area contributed by atoms with Gasteiger partial charge in [0.1, 0.15) is 11.3 Å². The normalized spacial score (nSPS) is 15.8. The Balaban J connectivity index is 2.70. The van der Waals surface area contributed by atoms with Crippen molar-refractivity contribution in [3.63, 3.8) is 0 Å². The van der Waals surface area contributed by atoms with Crippen molar-refractivity contribution in [3.05, 3.63) is 29.3 Å². The summed E-state index contributed by atoms with van der Waals surface area (Å²) in [4.78, 5) is 10.9. The lowest BCUT2D eigenvalue weighted by Gasteiger charge is -2.24. The van der Waals surface area contributed by atoms with Gasteiger partial charge in [-0.15, -0.1) is 0 Å². The molecule has 0 bridgehead atoms. The molecule has 0 fully saturated rings. The van der Waals surface area contributed by atoms with Crippen LogP contribution in [-0.2, 0) is 4.79 Å². The molecule has 0 amide bonds. The highest BCUT2D eigenvalue weighted by atomic mass is 16.5. The number of carboxylic acid groups (broad SMARTS) is 1. The van der Waals surface area contributed by atoms with E-state index in [9.17, 15) is 4.79 Å². The highest BCUT2D eigenvalue weighted by Gasteiger charge is 2.30. The van der Waals surface area contributed by atoms with E-state index in [1.807, 2.05) is 39.0 Å². The van der Waals surface area contributed by atoms with E-state index in [1.165, 1.54) is 12.5 Å². The maximum atomic E-state index is 10.9. The number of ether oxygens (including phenoxy) is 1. The van der Waals surface area contributed by atoms with Crippen LogP contribution in [0, 0.1) is 13.8 Å². The third-order valence-corrected chi connectivity index (χ3v) is 2.86. The molecular weight excluding hydrogens is 230 g/mol. The van der Waals surface area contributed by atoms with Crippen molar-refractivity contribution in [2.45, 2.75) is 45.8 Å². The van der Waals surface area contributed by atoms with Crippen LogP contribution >= 0.6 is 0 Å². The Bertz CT molecular complexity index is 441. The summed E-state index contributed by atoms with van der Waals surface area (Å²) in [5.74, 6) is -0.243. The number of aryl methyl sites for hydroxylation is 2. The number of carboxylic acids is 1. The van der Waals surface area contributed by atoms with Crippen LogP contribution in [-0.4, -0.2) is 22.7 Å². The van der Waals surface area contributed by atoms with Crippen molar-refractivity contribution in [2.75, 3.05) is 0 Å². The van der Waals surface area contributed by atoms with Gasteiger partial charge in [0.15, 0.2) is 0 Å². The molecule has 18 heavy (non-hydrogen) atoms. The molecule has 0 radical (unpaired) electrons. The first-order valence-corrected chi connectivity index (χ1v) is 5.98. The quantitative estimate of drug-likeness (QED) is 0.842. The summed E-state index contributed by atoms with van der Waals surface area (Å²) in [6, 6.07) is 5.89. The van der Waals surface area contributed by atoms with E-state index in [1.54, 1.807) is 0 Å². The van der Waals surface area contributed by atoms with Gasteiger partial charge in [-0.3, -0.25) is 4.79 Å². The van der Waals surface area contributed by atoms with Gasteiger partial charge in [0.05, 0.1) is 6.10 Å². The number of nitrogens with two attached hydrogens (primary N) is 1. The zero-order chi connectivity index (χ0) is 13.9. The number of aliphatic carboxylic acids is 1. The first kappa shape index (κ1) is 14.5. The first-order chi connectivity index (χ1) is 8.22. The minimum absolute atomic E-state index is 0.252. The molecule has 4 heteroatoms. The lowest BCUT2D eigenvalue weighted by molar-refractivity contribution is -0.143. The monoisotopic (exact) mass is 251 g/mol. The number of carbonyl (C=O) groups is 1. The van der Waals surface area contributed by atoms with Gasteiger partial charge in [-0.2, -0.15) is 0 Å². The second kappa shape index (κ2) is 5.40. The molecule has 2 atom stereocenters. The third-order valence-electron chi connectivity index (χ3n) is 2.86. The van der Waals surface area contributed by atoms with E-state index in [-0.39, 0.29) is 12.5 Å². The summed E-state index contributed by atoms with van der Waals surface area (Å²) in [6.07, 6.45) is 0.00726. The molecule has 0 heterocycles. The predicted molar refractivity (Wildman–Crippen MR) is 70.9 cm³/mol. The molecule has 0 aliphatic heterocycles. The van der Waals surface area contributed by atoms with Crippen molar-refractivity contribution >= 4 is 5.97 Å². The van der Waals surface area contributed by atoms with Crippen LogP contribution < -0.4 is 10.5 Å². The fraction of sp³-hybridized carbons (Fsp3) is 0.500. The van der Waals surface area contributed by atoms with Crippen LogP contribution in [0.5, 0.6) is 5.75 Å². The van der Waals surface area contributed by atoms with Crippen LogP contribution in [0.4, 0.5) is 0 Å². The van der Waals surface area contributed by atoms with Crippen LogP contribution in [0.2, 0.25) is 0 Å². The number of benzene rings is 1. The van der Waals surface area contributed by atoms with Gasteiger partial charge in [-0.1, -0.05) is 17.7 Å². The topological polar surface area (TPSA) is 72.5 Å². The van der Waals surface area contributed by atoms with Gasteiger partial charge >= 0.3 is 5.97 Å². The van der Waals surface area contributed by atoms with Crippen LogP contribution in [0.1, 0.15) is 31.4 Å². The molecule has 1 aromatic rings. The smallest absolute Gasteiger partial charge is 0.323 e. The lowest BCUT2D eigenvalue weighted by atomic mass is 9.96. The summed E-state index contributed by atoms with van der Waals surface area (Å²) in [7, 11) is 0. The Hall–Kier alpha value is -1.55. The molecule has 0 aliphatic carbocycles. The fourth-order valence-corrected chi connectivity index (χ4v) is 1.87. The Morgan fingerprint density at radius 3 is 2.61 bits per heavy atom. The summed E-state index contributed by atoms with van der Waals surface area (Å²) >= 11 is 0. The largest absolute Gasteiger partial charge is 0.490 e. The van der Waals surface area contributed by atoms with Crippen LogP contribution in [0.3, 0.4) is 0 Å². The van der Waals surface area contributed by atoms with Crippen LogP contribution in [0.25, 0.3) is 0 Å². The van der Waals surface area contributed by atoms with E-state index in [4.69, 9.17) is 15.6 Å². The highest BCUT2D eigenvalue weighted by molar-refractivity contribution is 5.77. The van der Waals surface area contributed by atoms with Gasteiger partial charge in [0.25, 0.3) is 0 Å². The van der Waals surface area contributed by atoms with Gasteiger partial charge in [-0.25, -0.2) is 0 Å². The summed E-state index contributed by atoms with van der Waals surface area (Å²) in [5, 5.41) is 8.97. The SMILES string of the molecule is Cc1ccc(OC(C)CC(C)(N)C(=O)O)c(C)c1. The minimum atomic E-state index is -1.27. The van der Waals surface area contributed by atoms with Crippen molar-refractivity contribution in [3.8, 4) is 5.75 Å². The van der Waals surface area contributed by atoms with Crippen molar-refractivity contribution in [2.24, 2.45) is 5.73 Å². The van der Waals surface area contributed by atoms with E-state index in [0.717, 1.165) is 11.3 Å². The van der Waals surface area contributed by atoms with Crippen molar-refractivity contribution < 1.29 is 14.6 Å². The highest BCUT2D eigenvalue weighted by Crippen LogP contribution is 2.22. The molecule has 1 rings (SSSR count). The molecular formula is C14H21NO3. The third kappa shape index (κ3) is 3.74. The zero-order valence-corrected chi connectivity index (χ0v) is 11.4. The molecule has 0 aliphatic rings. The fourth-order valence-electron chi connectivity index (χ4n) is 1.87. The maximum Gasteiger partial charge on any atom is 0.323 e. The summed E-state index contributed by atoms with van der Waals surface area (Å²) < 4.78 is 5.74. The Labute approximate surface area is 108 Å². The van der Waals surface area contributed by atoms with Crippen molar-refractivity contribution in [1.82, 2.24) is 0 Å².